The Morgan fingerprint density at radius 2 is 1.56 bits per heavy atom. The highest BCUT2D eigenvalue weighted by atomic mass is 16.5. The summed E-state index contributed by atoms with van der Waals surface area (Å²) in [6, 6.07) is 0. The molecule has 2 saturated carbocycles. The zero-order chi connectivity index (χ0) is 12.4. The lowest BCUT2D eigenvalue weighted by Gasteiger charge is -2.44. The van der Waals surface area contributed by atoms with Crippen molar-refractivity contribution in [1.82, 2.24) is 0 Å². The zero-order valence-corrected chi connectivity index (χ0v) is 11.8. The number of rotatable bonds is 2. The van der Waals surface area contributed by atoms with Crippen LogP contribution in [-0.4, -0.2) is 25.4 Å². The summed E-state index contributed by atoms with van der Waals surface area (Å²) in [5.74, 6) is 1.55. The average molecular weight is 252 g/mol. The molecule has 0 N–H and O–H groups in total. The molecule has 3 fully saturated rings. The molecule has 0 aromatic carbocycles. The van der Waals surface area contributed by atoms with Crippen molar-refractivity contribution in [2.24, 2.45) is 11.8 Å². The number of fused-ring (bicyclic) bond motifs is 1. The van der Waals surface area contributed by atoms with Gasteiger partial charge in [0.25, 0.3) is 0 Å². The molecule has 18 heavy (non-hydrogen) atoms. The lowest BCUT2D eigenvalue weighted by atomic mass is 9.75. The SMILES string of the molecule is COC1CCCCC1C1CCC2CCCCC2O1. The monoisotopic (exact) mass is 252 g/mol. The molecule has 3 aliphatic rings. The Hall–Kier alpha value is -0.0800. The molecule has 0 bridgehead atoms. The van der Waals surface area contributed by atoms with E-state index in [-0.39, 0.29) is 0 Å². The van der Waals surface area contributed by atoms with Crippen molar-refractivity contribution < 1.29 is 9.47 Å². The normalized spacial score (nSPS) is 45.5. The lowest BCUT2D eigenvalue weighted by Crippen LogP contribution is -2.45. The standard InChI is InChI=1S/C16H28O2/c1-17-15-9-5-3-7-13(15)16-11-10-12-6-2-4-8-14(12)18-16/h12-16H,2-11H2,1H3. The molecule has 2 nitrogen and oxygen atoms in total. The topological polar surface area (TPSA) is 18.5 Å². The first-order valence-electron chi connectivity index (χ1n) is 8.06. The average Bonchev–Trinajstić information content (AvgIpc) is 2.46. The second-order valence-corrected chi connectivity index (χ2v) is 6.56. The molecule has 0 radical (unpaired) electrons. The molecule has 1 saturated heterocycles. The van der Waals surface area contributed by atoms with E-state index in [1.54, 1.807) is 0 Å². The van der Waals surface area contributed by atoms with Gasteiger partial charge >= 0.3 is 0 Å². The summed E-state index contributed by atoms with van der Waals surface area (Å²) in [4.78, 5) is 0. The minimum Gasteiger partial charge on any atom is -0.381 e. The fraction of sp³-hybridized carbons (Fsp3) is 1.00. The fourth-order valence-electron chi connectivity index (χ4n) is 4.51. The van der Waals surface area contributed by atoms with Crippen molar-refractivity contribution in [1.29, 1.82) is 0 Å². The van der Waals surface area contributed by atoms with E-state index in [4.69, 9.17) is 9.47 Å². The van der Waals surface area contributed by atoms with Crippen LogP contribution < -0.4 is 0 Å². The van der Waals surface area contributed by atoms with E-state index >= 15 is 0 Å². The summed E-state index contributed by atoms with van der Waals surface area (Å²) in [6.45, 7) is 0. The quantitative estimate of drug-likeness (QED) is 0.741. The van der Waals surface area contributed by atoms with Crippen molar-refractivity contribution in [3.8, 4) is 0 Å². The first-order chi connectivity index (χ1) is 8.88. The number of methoxy groups -OCH3 is 1. The van der Waals surface area contributed by atoms with Crippen LogP contribution in [0.5, 0.6) is 0 Å². The summed E-state index contributed by atoms with van der Waals surface area (Å²) >= 11 is 0. The lowest BCUT2D eigenvalue weighted by molar-refractivity contribution is -0.148. The molecule has 2 heteroatoms. The van der Waals surface area contributed by atoms with Crippen LogP contribution in [0.15, 0.2) is 0 Å². The molecule has 1 aliphatic heterocycles. The Labute approximate surface area is 111 Å². The minimum absolute atomic E-state index is 0.462. The number of ether oxygens (including phenoxy) is 2. The van der Waals surface area contributed by atoms with Gasteiger partial charge in [0.2, 0.25) is 0 Å². The van der Waals surface area contributed by atoms with E-state index in [9.17, 15) is 0 Å². The Bertz CT molecular complexity index is 266. The maximum absolute atomic E-state index is 6.48. The van der Waals surface area contributed by atoms with E-state index < -0.39 is 0 Å². The predicted octanol–water partition coefficient (Wildman–Crippen LogP) is 3.93. The van der Waals surface area contributed by atoms with Gasteiger partial charge in [-0.15, -0.1) is 0 Å². The van der Waals surface area contributed by atoms with Gasteiger partial charge < -0.3 is 9.47 Å². The largest absolute Gasteiger partial charge is 0.381 e. The molecular weight excluding hydrogens is 224 g/mol. The third-order valence-electron chi connectivity index (χ3n) is 5.54. The second-order valence-electron chi connectivity index (χ2n) is 6.56. The van der Waals surface area contributed by atoms with Gasteiger partial charge in [0.1, 0.15) is 0 Å². The Balaban J connectivity index is 1.61. The third kappa shape index (κ3) is 2.60. The van der Waals surface area contributed by atoms with Crippen LogP contribution in [-0.2, 0) is 9.47 Å². The molecule has 5 unspecified atom stereocenters. The van der Waals surface area contributed by atoms with Crippen LogP contribution in [0.1, 0.15) is 64.2 Å². The molecule has 1 heterocycles. The molecule has 0 spiro atoms. The van der Waals surface area contributed by atoms with Crippen LogP contribution in [0.2, 0.25) is 0 Å². The van der Waals surface area contributed by atoms with Crippen molar-refractivity contribution in [2.75, 3.05) is 7.11 Å². The Morgan fingerprint density at radius 3 is 2.44 bits per heavy atom. The van der Waals surface area contributed by atoms with Crippen LogP contribution in [0, 0.1) is 11.8 Å². The van der Waals surface area contributed by atoms with Crippen LogP contribution >= 0.6 is 0 Å². The number of hydrogen-bond acceptors (Lipinski definition) is 2. The van der Waals surface area contributed by atoms with Gasteiger partial charge in [-0.25, -0.2) is 0 Å². The third-order valence-corrected chi connectivity index (χ3v) is 5.54. The molecule has 2 aliphatic carbocycles. The van der Waals surface area contributed by atoms with Crippen molar-refractivity contribution >= 4 is 0 Å². The summed E-state index contributed by atoms with van der Waals surface area (Å²) in [5, 5.41) is 0. The highest BCUT2D eigenvalue weighted by Crippen LogP contribution is 2.41. The van der Waals surface area contributed by atoms with Gasteiger partial charge in [-0.05, 0) is 44.4 Å². The molecular formula is C16H28O2. The van der Waals surface area contributed by atoms with E-state index in [2.05, 4.69) is 0 Å². The Kier molecular flexibility index (Phi) is 4.25. The molecule has 5 atom stereocenters. The van der Waals surface area contributed by atoms with E-state index in [1.807, 2.05) is 7.11 Å². The molecule has 0 aromatic heterocycles. The smallest absolute Gasteiger partial charge is 0.0632 e. The summed E-state index contributed by atoms with van der Waals surface area (Å²) in [5.41, 5.74) is 0. The van der Waals surface area contributed by atoms with Gasteiger partial charge in [-0.3, -0.25) is 0 Å². The molecule has 104 valence electrons. The summed E-state index contributed by atoms with van der Waals surface area (Å²) in [6.07, 6.45) is 15.0. The first-order valence-corrected chi connectivity index (χ1v) is 8.06. The minimum atomic E-state index is 0.462. The molecule has 0 aromatic rings. The summed E-state index contributed by atoms with van der Waals surface area (Å²) < 4.78 is 12.2. The highest BCUT2D eigenvalue weighted by molar-refractivity contribution is 4.89. The van der Waals surface area contributed by atoms with Crippen molar-refractivity contribution in [3.63, 3.8) is 0 Å². The van der Waals surface area contributed by atoms with Crippen molar-refractivity contribution in [3.05, 3.63) is 0 Å². The van der Waals surface area contributed by atoms with Gasteiger partial charge in [-0.2, -0.15) is 0 Å². The molecule has 0 amide bonds. The zero-order valence-electron chi connectivity index (χ0n) is 11.8. The Morgan fingerprint density at radius 1 is 0.778 bits per heavy atom. The highest BCUT2D eigenvalue weighted by Gasteiger charge is 2.39. The maximum atomic E-state index is 6.48. The molecule has 3 rings (SSSR count). The van der Waals surface area contributed by atoms with E-state index in [1.165, 1.54) is 64.2 Å². The van der Waals surface area contributed by atoms with Gasteiger partial charge in [0, 0.05) is 13.0 Å². The second kappa shape index (κ2) is 5.92. The maximum Gasteiger partial charge on any atom is 0.0632 e. The van der Waals surface area contributed by atoms with Crippen LogP contribution in [0.4, 0.5) is 0 Å². The van der Waals surface area contributed by atoms with Gasteiger partial charge in [0.05, 0.1) is 18.3 Å². The van der Waals surface area contributed by atoms with Crippen LogP contribution in [0.25, 0.3) is 0 Å². The van der Waals surface area contributed by atoms with E-state index in [0.717, 1.165) is 5.92 Å². The van der Waals surface area contributed by atoms with Crippen LogP contribution in [0.3, 0.4) is 0 Å². The predicted molar refractivity (Wildman–Crippen MR) is 72.6 cm³/mol. The van der Waals surface area contributed by atoms with Gasteiger partial charge in [-0.1, -0.05) is 25.7 Å². The first kappa shape index (κ1) is 12.9. The van der Waals surface area contributed by atoms with E-state index in [0.29, 0.717) is 24.2 Å². The number of hydrogen-bond donors (Lipinski definition) is 0. The fourth-order valence-corrected chi connectivity index (χ4v) is 4.51. The van der Waals surface area contributed by atoms with Gasteiger partial charge in [0.15, 0.2) is 0 Å². The van der Waals surface area contributed by atoms with Crippen molar-refractivity contribution in [2.45, 2.75) is 82.5 Å². The summed E-state index contributed by atoms with van der Waals surface area (Å²) in [7, 11) is 1.88.